The number of hydrogen-bond acceptors (Lipinski definition) is 8. The van der Waals surface area contributed by atoms with Crippen LogP contribution in [0.4, 0.5) is 11.6 Å². The molecule has 0 aliphatic carbocycles. The maximum atomic E-state index is 12.5. The summed E-state index contributed by atoms with van der Waals surface area (Å²) >= 11 is 0. The van der Waals surface area contributed by atoms with Crippen molar-refractivity contribution in [2.75, 3.05) is 10.0 Å². The summed E-state index contributed by atoms with van der Waals surface area (Å²) in [6.07, 6.45) is 2.35. The molecule has 154 valence electrons. The van der Waals surface area contributed by atoms with E-state index in [4.69, 9.17) is 5.11 Å². The van der Waals surface area contributed by atoms with Crippen molar-refractivity contribution in [3.8, 4) is 0 Å². The molecule has 30 heavy (non-hydrogen) atoms. The molecule has 0 atom stereocenters. The highest BCUT2D eigenvalue weighted by Gasteiger charge is 2.20. The van der Waals surface area contributed by atoms with Crippen LogP contribution in [0.2, 0.25) is 0 Å². The van der Waals surface area contributed by atoms with Crippen LogP contribution in [-0.2, 0) is 10.0 Å². The average Bonchev–Trinajstić information content (AvgIpc) is 2.67. The number of rotatable bonds is 6. The van der Waals surface area contributed by atoms with Gasteiger partial charge < -0.3 is 10.4 Å². The number of carbonyl (C=O) groups is 2. The molecule has 1 aromatic carbocycles. The van der Waals surface area contributed by atoms with Gasteiger partial charge >= 0.3 is 5.97 Å². The number of aromatic nitrogens is 4. The number of benzene rings is 1. The smallest absolute Gasteiger partial charge is 0.356 e. The Morgan fingerprint density at radius 1 is 0.933 bits per heavy atom. The first-order valence-corrected chi connectivity index (χ1v) is 9.95. The third-order valence-corrected chi connectivity index (χ3v) is 5.09. The molecular formula is C18H16N6O5S. The number of anilines is 2. The number of carbonyl (C=O) groups excluding carboxylic acids is 1. The lowest BCUT2D eigenvalue weighted by molar-refractivity contribution is 0.0685. The van der Waals surface area contributed by atoms with E-state index in [1.165, 1.54) is 30.5 Å². The van der Waals surface area contributed by atoms with Gasteiger partial charge in [-0.2, -0.15) is 0 Å². The second-order valence-electron chi connectivity index (χ2n) is 6.12. The Balaban J connectivity index is 1.77. The van der Waals surface area contributed by atoms with E-state index in [0.717, 1.165) is 6.20 Å². The molecule has 0 saturated carbocycles. The molecule has 1 amide bonds. The second-order valence-corrected chi connectivity index (χ2v) is 7.80. The summed E-state index contributed by atoms with van der Waals surface area (Å²) in [6, 6.07) is 6.96. The Morgan fingerprint density at radius 2 is 1.50 bits per heavy atom. The Hall–Kier alpha value is -3.93. The van der Waals surface area contributed by atoms with Crippen LogP contribution in [0.25, 0.3) is 0 Å². The van der Waals surface area contributed by atoms with Crippen LogP contribution in [0.1, 0.15) is 32.4 Å². The molecule has 0 aliphatic heterocycles. The van der Waals surface area contributed by atoms with E-state index >= 15 is 0 Å². The van der Waals surface area contributed by atoms with Crippen molar-refractivity contribution < 1.29 is 23.1 Å². The molecule has 0 aliphatic rings. The summed E-state index contributed by atoms with van der Waals surface area (Å²) in [5, 5.41) is 11.5. The molecule has 0 bridgehead atoms. The maximum absolute atomic E-state index is 12.5. The fourth-order valence-electron chi connectivity index (χ4n) is 2.52. The predicted molar refractivity (Wildman–Crippen MR) is 106 cm³/mol. The number of carboxylic acid groups (broad SMARTS) is 1. The van der Waals surface area contributed by atoms with Gasteiger partial charge in [-0.25, -0.2) is 37.9 Å². The minimum absolute atomic E-state index is 0.0475. The van der Waals surface area contributed by atoms with E-state index in [9.17, 15) is 18.0 Å². The SMILES string of the molecule is Cc1cc(C)nc(NS(=O)(=O)c2ccc(NC(=O)c3nccnc3C(=O)O)cc2)n1. The highest BCUT2D eigenvalue weighted by Crippen LogP contribution is 2.18. The fourth-order valence-corrected chi connectivity index (χ4v) is 3.46. The lowest BCUT2D eigenvalue weighted by atomic mass is 10.2. The first kappa shape index (κ1) is 20.8. The monoisotopic (exact) mass is 428 g/mol. The van der Waals surface area contributed by atoms with Crippen molar-refractivity contribution in [2.45, 2.75) is 18.7 Å². The van der Waals surface area contributed by atoms with Gasteiger partial charge in [0, 0.05) is 29.5 Å². The summed E-state index contributed by atoms with van der Waals surface area (Å²) < 4.78 is 27.4. The highest BCUT2D eigenvalue weighted by molar-refractivity contribution is 7.92. The maximum Gasteiger partial charge on any atom is 0.356 e. The molecule has 0 fully saturated rings. The molecule has 3 aromatic rings. The largest absolute Gasteiger partial charge is 0.476 e. The molecule has 12 heteroatoms. The van der Waals surface area contributed by atoms with Gasteiger partial charge in [0.05, 0.1) is 4.90 Å². The Labute approximate surface area is 171 Å². The van der Waals surface area contributed by atoms with Crippen LogP contribution in [0.15, 0.2) is 47.6 Å². The Bertz CT molecular complexity index is 1210. The van der Waals surface area contributed by atoms with Gasteiger partial charge in [-0.3, -0.25) is 4.79 Å². The summed E-state index contributed by atoms with van der Waals surface area (Å²) in [5.41, 5.74) is 0.608. The van der Waals surface area contributed by atoms with Crippen LogP contribution in [0, 0.1) is 13.8 Å². The van der Waals surface area contributed by atoms with Gasteiger partial charge in [0.1, 0.15) is 0 Å². The van der Waals surface area contributed by atoms with E-state index in [-0.39, 0.29) is 22.2 Å². The van der Waals surface area contributed by atoms with Crippen molar-refractivity contribution in [3.05, 3.63) is 65.5 Å². The zero-order valence-electron chi connectivity index (χ0n) is 15.8. The molecule has 0 saturated heterocycles. The number of nitrogens with zero attached hydrogens (tertiary/aromatic N) is 4. The quantitative estimate of drug-likeness (QED) is 0.529. The third-order valence-electron chi connectivity index (χ3n) is 3.75. The van der Waals surface area contributed by atoms with E-state index in [2.05, 4.69) is 30.0 Å². The lowest BCUT2D eigenvalue weighted by Crippen LogP contribution is -2.19. The first-order chi connectivity index (χ1) is 14.2. The van der Waals surface area contributed by atoms with E-state index < -0.39 is 27.6 Å². The Morgan fingerprint density at radius 3 is 2.07 bits per heavy atom. The zero-order chi connectivity index (χ0) is 21.9. The van der Waals surface area contributed by atoms with Crippen LogP contribution in [0.5, 0.6) is 0 Å². The Kier molecular flexibility index (Phi) is 5.69. The molecular weight excluding hydrogens is 412 g/mol. The molecule has 2 aromatic heterocycles. The van der Waals surface area contributed by atoms with E-state index in [1.807, 2.05) is 0 Å². The van der Waals surface area contributed by atoms with Gasteiger partial charge in [-0.15, -0.1) is 0 Å². The molecule has 2 heterocycles. The van der Waals surface area contributed by atoms with Gasteiger partial charge in [0.25, 0.3) is 15.9 Å². The minimum Gasteiger partial charge on any atom is -0.476 e. The van der Waals surface area contributed by atoms with Gasteiger partial charge in [0.2, 0.25) is 5.95 Å². The highest BCUT2D eigenvalue weighted by atomic mass is 32.2. The molecule has 3 N–H and O–H groups in total. The molecule has 0 unspecified atom stereocenters. The van der Waals surface area contributed by atoms with Gasteiger partial charge in [-0.05, 0) is 44.2 Å². The first-order valence-electron chi connectivity index (χ1n) is 8.46. The standard InChI is InChI=1S/C18H16N6O5S/c1-10-9-11(2)22-18(21-10)24-30(28,29)13-5-3-12(4-6-13)23-16(25)14-15(17(26)27)20-8-7-19-14/h3-9H,1-2H3,(H,23,25)(H,26,27)(H,21,22,24). The van der Waals surface area contributed by atoms with Crippen LogP contribution in [-0.4, -0.2) is 45.3 Å². The number of carboxylic acids is 1. The van der Waals surface area contributed by atoms with Gasteiger partial charge in [-0.1, -0.05) is 0 Å². The normalized spacial score (nSPS) is 11.0. The van der Waals surface area contributed by atoms with Crippen molar-refractivity contribution in [2.24, 2.45) is 0 Å². The van der Waals surface area contributed by atoms with Crippen molar-refractivity contribution in [1.29, 1.82) is 0 Å². The van der Waals surface area contributed by atoms with E-state index in [1.54, 1.807) is 19.9 Å². The van der Waals surface area contributed by atoms with Crippen LogP contribution in [0.3, 0.4) is 0 Å². The molecule has 0 radical (unpaired) electrons. The molecule has 11 nitrogen and oxygen atoms in total. The number of nitrogens with one attached hydrogen (secondary N) is 2. The van der Waals surface area contributed by atoms with Crippen LogP contribution < -0.4 is 10.0 Å². The number of aromatic carboxylic acids is 1. The number of amides is 1. The number of hydrogen-bond donors (Lipinski definition) is 3. The average molecular weight is 428 g/mol. The molecule has 3 rings (SSSR count). The van der Waals surface area contributed by atoms with Crippen molar-refractivity contribution in [1.82, 2.24) is 19.9 Å². The third kappa shape index (κ3) is 4.72. The summed E-state index contributed by atoms with van der Waals surface area (Å²) in [5.74, 6) is -2.24. The minimum atomic E-state index is -3.95. The zero-order valence-corrected chi connectivity index (χ0v) is 16.6. The summed E-state index contributed by atoms with van der Waals surface area (Å²) in [4.78, 5) is 38.8. The topological polar surface area (TPSA) is 164 Å². The fraction of sp³-hybridized carbons (Fsp3) is 0.111. The van der Waals surface area contributed by atoms with Crippen molar-refractivity contribution >= 4 is 33.5 Å². The summed E-state index contributed by atoms with van der Waals surface area (Å²) in [6.45, 7) is 3.44. The van der Waals surface area contributed by atoms with Crippen molar-refractivity contribution in [3.63, 3.8) is 0 Å². The summed E-state index contributed by atoms with van der Waals surface area (Å²) in [7, 11) is -3.95. The molecule has 0 spiro atoms. The second kappa shape index (κ2) is 8.21. The van der Waals surface area contributed by atoms with Crippen LogP contribution >= 0.6 is 0 Å². The number of aryl methyl sites for hydroxylation is 2. The van der Waals surface area contributed by atoms with E-state index in [0.29, 0.717) is 11.4 Å². The number of sulfonamides is 1. The predicted octanol–water partition coefficient (Wildman–Crippen LogP) is 1.63. The lowest BCUT2D eigenvalue weighted by Gasteiger charge is -2.09. The van der Waals surface area contributed by atoms with Gasteiger partial charge in [0.15, 0.2) is 11.4 Å².